The van der Waals surface area contributed by atoms with Crippen LogP contribution >= 0.6 is 11.6 Å². The van der Waals surface area contributed by atoms with E-state index in [4.69, 9.17) is 17.3 Å². The lowest BCUT2D eigenvalue weighted by atomic mass is 9.86. The third-order valence-corrected chi connectivity index (χ3v) is 5.66. The zero-order valence-electron chi connectivity index (χ0n) is 14.7. The average molecular weight is 380 g/mol. The molecule has 0 radical (unpaired) electrons. The van der Waals surface area contributed by atoms with Crippen LogP contribution in [0.25, 0.3) is 0 Å². The Morgan fingerprint density at radius 1 is 1.23 bits per heavy atom. The van der Waals surface area contributed by atoms with Crippen LogP contribution in [0.4, 0.5) is 4.79 Å². The van der Waals surface area contributed by atoms with Gasteiger partial charge in [0.05, 0.1) is 0 Å². The van der Waals surface area contributed by atoms with Crippen LogP contribution in [-0.2, 0) is 4.79 Å². The summed E-state index contributed by atoms with van der Waals surface area (Å²) in [4.78, 5) is 24.7. The summed E-state index contributed by atoms with van der Waals surface area (Å²) in [6, 6.07) is 7.93. The van der Waals surface area contributed by atoms with Gasteiger partial charge in [-0.05, 0) is 36.8 Å². The van der Waals surface area contributed by atoms with Gasteiger partial charge in [0.25, 0.3) is 0 Å². The topological polar surface area (TPSA) is 99.5 Å². The van der Waals surface area contributed by atoms with Crippen molar-refractivity contribution in [2.24, 2.45) is 11.7 Å². The van der Waals surface area contributed by atoms with Gasteiger partial charge in [-0.2, -0.15) is 0 Å². The number of amides is 3. The van der Waals surface area contributed by atoms with Crippen molar-refractivity contribution < 1.29 is 9.59 Å². The molecule has 3 amide bonds. The monoisotopic (exact) mass is 379 g/mol. The number of carbonyl (C=O) groups excluding carboxylic acids is 2. The molecular weight excluding hydrogens is 354 g/mol. The molecule has 0 saturated carbocycles. The largest absolute Gasteiger partial charge is 0.352 e. The molecule has 26 heavy (non-hydrogen) atoms. The van der Waals surface area contributed by atoms with Gasteiger partial charge in [-0.15, -0.1) is 0 Å². The number of hydrogen-bond acceptors (Lipinski definition) is 4. The summed E-state index contributed by atoms with van der Waals surface area (Å²) in [7, 11) is 0. The molecule has 142 valence electrons. The highest BCUT2D eigenvalue weighted by molar-refractivity contribution is 6.31. The quantitative estimate of drug-likeness (QED) is 0.623. The Bertz CT molecular complexity index is 648. The number of primary amides is 1. The first-order chi connectivity index (χ1) is 12.5. The van der Waals surface area contributed by atoms with Crippen molar-refractivity contribution in [1.82, 2.24) is 21.1 Å². The highest BCUT2D eigenvalue weighted by Crippen LogP contribution is 2.33. The maximum Gasteiger partial charge on any atom is 0.312 e. The van der Waals surface area contributed by atoms with Crippen molar-refractivity contribution in [2.75, 3.05) is 19.6 Å². The lowest BCUT2D eigenvalue weighted by Gasteiger charge is -2.34. The van der Waals surface area contributed by atoms with Crippen LogP contribution in [0.2, 0.25) is 5.02 Å². The maximum absolute atomic E-state index is 12.2. The summed E-state index contributed by atoms with van der Waals surface area (Å²) in [6.45, 7) is 1.81. The normalized spacial score (nSPS) is 23.8. The number of urea groups is 1. The summed E-state index contributed by atoms with van der Waals surface area (Å²) in [6.07, 6.45) is 3.24. The first-order valence-electron chi connectivity index (χ1n) is 9.11. The fourth-order valence-corrected chi connectivity index (χ4v) is 4.12. The van der Waals surface area contributed by atoms with E-state index in [0.29, 0.717) is 24.9 Å². The van der Waals surface area contributed by atoms with Crippen LogP contribution in [0.1, 0.15) is 37.3 Å². The van der Waals surface area contributed by atoms with Crippen molar-refractivity contribution in [3.63, 3.8) is 0 Å². The first-order valence-corrected chi connectivity index (χ1v) is 9.49. The molecule has 8 heteroatoms. The molecule has 1 aromatic carbocycles. The fraction of sp³-hybridized carbons (Fsp3) is 0.556. The van der Waals surface area contributed by atoms with Gasteiger partial charge in [-0.1, -0.05) is 29.8 Å². The van der Waals surface area contributed by atoms with Crippen molar-refractivity contribution in [1.29, 1.82) is 0 Å². The minimum atomic E-state index is -0.593. The lowest BCUT2D eigenvalue weighted by molar-refractivity contribution is -0.132. The summed E-state index contributed by atoms with van der Waals surface area (Å²) >= 11 is 6.31. The zero-order chi connectivity index (χ0) is 18.5. The number of nitrogens with two attached hydrogens (primary N) is 1. The highest BCUT2D eigenvalue weighted by atomic mass is 35.5. The molecular formula is C18H26ClN5O2. The Morgan fingerprint density at radius 2 is 1.96 bits per heavy atom. The van der Waals surface area contributed by atoms with Gasteiger partial charge < -0.3 is 16.0 Å². The summed E-state index contributed by atoms with van der Waals surface area (Å²) in [5.41, 5.74) is 12.9. The number of carbonyl (C=O) groups is 2. The smallest absolute Gasteiger partial charge is 0.312 e. The molecule has 7 nitrogen and oxygen atoms in total. The number of piperidine rings is 1. The molecule has 0 aliphatic carbocycles. The van der Waals surface area contributed by atoms with E-state index < -0.39 is 6.03 Å². The van der Waals surface area contributed by atoms with E-state index in [-0.39, 0.29) is 11.9 Å². The van der Waals surface area contributed by atoms with E-state index in [9.17, 15) is 9.59 Å². The summed E-state index contributed by atoms with van der Waals surface area (Å²) in [5, 5.41) is 3.25. The highest BCUT2D eigenvalue weighted by Gasteiger charge is 2.34. The Balaban J connectivity index is 1.45. The molecule has 2 aliphatic rings. The number of halogens is 1. The predicted molar refractivity (Wildman–Crippen MR) is 100 cm³/mol. The number of hydrazine groups is 1. The summed E-state index contributed by atoms with van der Waals surface area (Å²) in [5.74, 6) is 0.603. The molecule has 3 rings (SSSR count). The van der Waals surface area contributed by atoms with Gasteiger partial charge in [0.15, 0.2) is 0 Å². The third-order valence-electron chi connectivity index (χ3n) is 5.31. The Morgan fingerprint density at radius 3 is 2.65 bits per heavy atom. The zero-order valence-corrected chi connectivity index (χ0v) is 15.5. The van der Waals surface area contributed by atoms with E-state index in [1.54, 1.807) is 0 Å². The Labute approximate surface area is 158 Å². The second-order valence-electron chi connectivity index (χ2n) is 6.96. The van der Waals surface area contributed by atoms with E-state index >= 15 is 0 Å². The Kier molecular flexibility index (Phi) is 6.34. The molecule has 2 heterocycles. The van der Waals surface area contributed by atoms with E-state index in [0.717, 1.165) is 42.9 Å². The standard InChI is InChI=1S/C18H26ClN5O2/c19-14-4-2-1-3-13(14)16-11-15(22-23-16)12-6-9-24(10-7-12)17(25)5-8-21-18(20)26/h1-4,12,15-16,22-23H,5-11H2,(H3,20,21,26). The van der Waals surface area contributed by atoms with E-state index in [1.165, 1.54) is 0 Å². The number of nitrogens with one attached hydrogen (secondary N) is 3. The van der Waals surface area contributed by atoms with Crippen molar-refractivity contribution in [3.8, 4) is 0 Å². The average Bonchev–Trinajstić information content (AvgIpc) is 3.11. The molecule has 0 aromatic heterocycles. The van der Waals surface area contributed by atoms with Crippen LogP contribution in [0, 0.1) is 5.92 Å². The van der Waals surface area contributed by atoms with Gasteiger partial charge in [-0.25, -0.2) is 10.2 Å². The third kappa shape index (κ3) is 4.66. The molecule has 0 spiro atoms. The van der Waals surface area contributed by atoms with Crippen LogP contribution in [0.15, 0.2) is 24.3 Å². The van der Waals surface area contributed by atoms with Crippen LogP contribution in [0.5, 0.6) is 0 Å². The van der Waals surface area contributed by atoms with Crippen molar-refractivity contribution in [2.45, 2.75) is 37.8 Å². The fourth-order valence-electron chi connectivity index (χ4n) is 3.85. The number of likely N-dealkylation sites (tertiary alicyclic amines) is 1. The van der Waals surface area contributed by atoms with Crippen LogP contribution in [-0.4, -0.2) is 42.5 Å². The number of nitrogens with zero attached hydrogens (tertiary/aromatic N) is 1. The SMILES string of the molecule is NC(=O)NCCC(=O)N1CCC(C2CC(c3ccccc3Cl)NN2)CC1. The molecule has 5 N–H and O–H groups in total. The Hall–Kier alpha value is -1.83. The van der Waals surface area contributed by atoms with Gasteiger partial charge in [0.1, 0.15) is 0 Å². The van der Waals surface area contributed by atoms with Crippen molar-refractivity contribution >= 4 is 23.5 Å². The number of rotatable bonds is 5. The second-order valence-corrected chi connectivity index (χ2v) is 7.37. The van der Waals surface area contributed by atoms with Gasteiger partial charge in [0, 0.05) is 43.2 Å². The minimum absolute atomic E-state index is 0.0728. The molecule has 2 fully saturated rings. The van der Waals surface area contributed by atoms with Crippen LogP contribution < -0.4 is 21.9 Å². The van der Waals surface area contributed by atoms with Gasteiger partial charge >= 0.3 is 6.03 Å². The second kappa shape index (κ2) is 8.70. The first kappa shape index (κ1) is 18.9. The predicted octanol–water partition coefficient (Wildman–Crippen LogP) is 1.54. The van der Waals surface area contributed by atoms with Gasteiger partial charge in [0.2, 0.25) is 5.91 Å². The number of hydrogen-bond donors (Lipinski definition) is 4. The van der Waals surface area contributed by atoms with E-state index in [2.05, 4.69) is 22.2 Å². The molecule has 2 aliphatic heterocycles. The van der Waals surface area contributed by atoms with E-state index in [1.807, 2.05) is 23.1 Å². The van der Waals surface area contributed by atoms with Gasteiger partial charge in [-0.3, -0.25) is 10.2 Å². The minimum Gasteiger partial charge on any atom is -0.352 e. The van der Waals surface area contributed by atoms with Crippen molar-refractivity contribution in [3.05, 3.63) is 34.9 Å². The van der Waals surface area contributed by atoms with Crippen LogP contribution in [0.3, 0.4) is 0 Å². The maximum atomic E-state index is 12.2. The molecule has 0 bridgehead atoms. The molecule has 2 unspecified atom stereocenters. The number of benzene rings is 1. The summed E-state index contributed by atoms with van der Waals surface area (Å²) < 4.78 is 0. The lowest BCUT2D eigenvalue weighted by Crippen LogP contribution is -2.45. The molecule has 2 atom stereocenters. The molecule has 2 saturated heterocycles. The molecule has 1 aromatic rings.